The summed E-state index contributed by atoms with van der Waals surface area (Å²) in [5.74, 6) is -2.36. The van der Waals surface area contributed by atoms with Gasteiger partial charge in [0.05, 0.1) is 5.56 Å². The van der Waals surface area contributed by atoms with E-state index in [-0.39, 0.29) is 17.2 Å². The number of halogens is 2. The average molecular weight is 253 g/mol. The molecular formula is C14H17F2NO. The summed E-state index contributed by atoms with van der Waals surface area (Å²) in [6, 6.07) is 2.91. The number of carbonyl (C=O) groups is 1. The molecule has 18 heavy (non-hydrogen) atoms. The molecule has 1 aliphatic heterocycles. The molecule has 2 rings (SSSR count). The van der Waals surface area contributed by atoms with Crippen LogP contribution in [0.15, 0.2) is 12.1 Å². The molecule has 1 heterocycles. The van der Waals surface area contributed by atoms with Crippen LogP contribution in [0.3, 0.4) is 0 Å². The minimum absolute atomic E-state index is 0.0926. The number of likely N-dealkylation sites (tertiary alicyclic amines) is 1. The molecule has 0 bridgehead atoms. The predicted molar refractivity (Wildman–Crippen MR) is 65.4 cm³/mol. The number of rotatable bonds is 1. The lowest BCUT2D eigenvalue weighted by molar-refractivity contribution is 0.0629. The zero-order valence-electron chi connectivity index (χ0n) is 10.7. The molecule has 0 aliphatic carbocycles. The monoisotopic (exact) mass is 253 g/mol. The number of hydrogen-bond donors (Lipinski definition) is 0. The van der Waals surface area contributed by atoms with Crippen LogP contribution >= 0.6 is 0 Å². The van der Waals surface area contributed by atoms with Crippen molar-refractivity contribution >= 4 is 5.91 Å². The third kappa shape index (κ3) is 2.24. The zero-order valence-corrected chi connectivity index (χ0v) is 10.7. The fraction of sp³-hybridized carbons (Fsp3) is 0.500. The van der Waals surface area contributed by atoms with Crippen LogP contribution in [0.2, 0.25) is 0 Å². The van der Waals surface area contributed by atoms with Crippen LogP contribution in [0, 0.1) is 18.6 Å². The van der Waals surface area contributed by atoms with Gasteiger partial charge in [0.1, 0.15) is 0 Å². The van der Waals surface area contributed by atoms with Crippen molar-refractivity contribution in [3.8, 4) is 0 Å². The summed E-state index contributed by atoms with van der Waals surface area (Å²) < 4.78 is 27.2. The predicted octanol–water partition coefficient (Wildman–Crippen LogP) is 3.29. The molecule has 1 aliphatic rings. The van der Waals surface area contributed by atoms with E-state index in [1.807, 2.05) is 6.92 Å². The van der Waals surface area contributed by atoms with Crippen molar-refractivity contribution in [2.75, 3.05) is 6.54 Å². The molecule has 0 N–H and O–H groups in total. The molecule has 4 heteroatoms. The van der Waals surface area contributed by atoms with Crippen molar-refractivity contribution < 1.29 is 13.6 Å². The Kier molecular flexibility index (Phi) is 3.64. The molecule has 0 spiro atoms. The number of piperidine rings is 1. The Balaban J connectivity index is 2.31. The minimum Gasteiger partial charge on any atom is -0.336 e. The van der Waals surface area contributed by atoms with Crippen LogP contribution < -0.4 is 0 Å². The first-order chi connectivity index (χ1) is 8.52. The normalized spacial score (nSPS) is 20.0. The maximum Gasteiger partial charge on any atom is 0.257 e. The molecule has 1 aromatic carbocycles. The Morgan fingerprint density at radius 3 is 2.67 bits per heavy atom. The van der Waals surface area contributed by atoms with Crippen molar-refractivity contribution in [1.82, 2.24) is 4.90 Å². The van der Waals surface area contributed by atoms with Gasteiger partial charge in [-0.2, -0.15) is 0 Å². The molecule has 0 radical (unpaired) electrons. The summed E-state index contributed by atoms with van der Waals surface area (Å²) in [4.78, 5) is 13.8. The van der Waals surface area contributed by atoms with E-state index >= 15 is 0 Å². The molecular weight excluding hydrogens is 236 g/mol. The van der Waals surface area contributed by atoms with Gasteiger partial charge in [0.15, 0.2) is 11.6 Å². The van der Waals surface area contributed by atoms with E-state index < -0.39 is 17.5 Å². The summed E-state index contributed by atoms with van der Waals surface area (Å²) >= 11 is 0. The minimum atomic E-state index is -1.03. The van der Waals surface area contributed by atoms with Crippen molar-refractivity contribution in [1.29, 1.82) is 0 Å². The molecule has 2 nitrogen and oxygen atoms in total. The second-order valence-corrected chi connectivity index (χ2v) is 4.90. The molecule has 1 atom stereocenters. The third-order valence-electron chi connectivity index (χ3n) is 3.57. The fourth-order valence-electron chi connectivity index (χ4n) is 2.37. The van der Waals surface area contributed by atoms with Crippen LogP contribution in [0.5, 0.6) is 0 Å². The highest BCUT2D eigenvalue weighted by Crippen LogP contribution is 2.22. The number of benzene rings is 1. The van der Waals surface area contributed by atoms with Gasteiger partial charge in [-0.15, -0.1) is 0 Å². The SMILES string of the molecule is Cc1ccc(C(=O)N2CCCC[C@@H]2C)c(F)c1F. The Labute approximate surface area is 106 Å². The number of aryl methyl sites for hydroxylation is 1. The van der Waals surface area contributed by atoms with Gasteiger partial charge in [0.2, 0.25) is 0 Å². The molecule has 0 unspecified atom stereocenters. The Morgan fingerprint density at radius 2 is 2.00 bits per heavy atom. The number of hydrogen-bond acceptors (Lipinski definition) is 1. The average Bonchev–Trinajstić information content (AvgIpc) is 2.36. The number of amides is 1. The Hall–Kier alpha value is -1.45. The highest BCUT2D eigenvalue weighted by Gasteiger charge is 2.27. The first-order valence-corrected chi connectivity index (χ1v) is 6.28. The zero-order chi connectivity index (χ0) is 13.3. The lowest BCUT2D eigenvalue weighted by Gasteiger charge is -2.33. The summed E-state index contributed by atoms with van der Waals surface area (Å²) in [7, 11) is 0. The van der Waals surface area contributed by atoms with Gasteiger partial charge in [-0.25, -0.2) is 8.78 Å². The highest BCUT2D eigenvalue weighted by molar-refractivity contribution is 5.94. The van der Waals surface area contributed by atoms with E-state index in [2.05, 4.69) is 0 Å². The van der Waals surface area contributed by atoms with E-state index in [1.54, 1.807) is 4.90 Å². The van der Waals surface area contributed by atoms with Gasteiger partial charge in [0, 0.05) is 12.6 Å². The van der Waals surface area contributed by atoms with Crippen molar-refractivity contribution in [2.24, 2.45) is 0 Å². The van der Waals surface area contributed by atoms with Crippen molar-refractivity contribution in [2.45, 2.75) is 39.2 Å². The molecule has 1 aromatic rings. The van der Waals surface area contributed by atoms with Gasteiger partial charge >= 0.3 is 0 Å². The van der Waals surface area contributed by atoms with Crippen LogP contribution in [0.1, 0.15) is 42.1 Å². The number of nitrogens with zero attached hydrogens (tertiary/aromatic N) is 1. The van der Waals surface area contributed by atoms with Crippen LogP contribution in [-0.4, -0.2) is 23.4 Å². The largest absolute Gasteiger partial charge is 0.336 e. The van der Waals surface area contributed by atoms with Crippen LogP contribution in [0.4, 0.5) is 8.78 Å². The number of carbonyl (C=O) groups excluding carboxylic acids is 1. The van der Waals surface area contributed by atoms with Gasteiger partial charge in [-0.05, 0) is 44.7 Å². The Bertz CT molecular complexity index is 473. The first-order valence-electron chi connectivity index (χ1n) is 6.28. The Morgan fingerprint density at radius 1 is 1.28 bits per heavy atom. The summed E-state index contributed by atoms with van der Waals surface area (Å²) in [5.41, 5.74) is 0.0580. The van der Waals surface area contributed by atoms with Crippen molar-refractivity contribution in [3.63, 3.8) is 0 Å². The van der Waals surface area contributed by atoms with E-state index in [0.29, 0.717) is 6.54 Å². The molecule has 98 valence electrons. The third-order valence-corrected chi connectivity index (χ3v) is 3.57. The highest BCUT2D eigenvalue weighted by atomic mass is 19.2. The van der Waals surface area contributed by atoms with E-state index in [9.17, 15) is 13.6 Å². The maximum absolute atomic E-state index is 13.8. The smallest absolute Gasteiger partial charge is 0.257 e. The van der Waals surface area contributed by atoms with Crippen LogP contribution in [0.25, 0.3) is 0 Å². The van der Waals surface area contributed by atoms with Gasteiger partial charge in [-0.3, -0.25) is 4.79 Å². The summed E-state index contributed by atoms with van der Waals surface area (Å²) in [5, 5.41) is 0. The molecule has 1 saturated heterocycles. The standard InChI is InChI=1S/C14H17F2NO/c1-9-6-7-11(13(16)12(9)15)14(18)17-8-4-3-5-10(17)2/h6-7,10H,3-5,8H2,1-2H3/t10-/m0/s1. The molecule has 0 saturated carbocycles. The van der Waals surface area contributed by atoms with Crippen molar-refractivity contribution in [3.05, 3.63) is 34.9 Å². The fourth-order valence-corrected chi connectivity index (χ4v) is 2.37. The second-order valence-electron chi connectivity index (χ2n) is 4.90. The van der Waals surface area contributed by atoms with E-state index in [1.165, 1.54) is 19.1 Å². The van der Waals surface area contributed by atoms with Crippen LogP contribution in [-0.2, 0) is 0 Å². The van der Waals surface area contributed by atoms with Gasteiger partial charge in [-0.1, -0.05) is 6.07 Å². The summed E-state index contributed by atoms with van der Waals surface area (Å²) in [6.07, 6.45) is 2.92. The summed E-state index contributed by atoms with van der Waals surface area (Å²) in [6.45, 7) is 4.05. The second kappa shape index (κ2) is 5.04. The topological polar surface area (TPSA) is 20.3 Å². The van der Waals surface area contributed by atoms with Gasteiger partial charge < -0.3 is 4.90 Å². The molecule has 1 amide bonds. The molecule has 0 aromatic heterocycles. The van der Waals surface area contributed by atoms with E-state index in [4.69, 9.17) is 0 Å². The first kappa shape index (κ1) is 13.0. The lowest BCUT2D eigenvalue weighted by Crippen LogP contribution is -2.42. The van der Waals surface area contributed by atoms with Gasteiger partial charge in [0.25, 0.3) is 5.91 Å². The lowest BCUT2D eigenvalue weighted by atomic mass is 10.0. The van der Waals surface area contributed by atoms with E-state index in [0.717, 1.165) is 19.3 Å². The molecule has 1 fully saturated rings. The quantitative estimate of drug-likeness (QED) is 0.752. The maximum atomic E-state index is 13.8.